The minimum absolute atomic E-state index is 0.304. The van der Waals surface area contributed by atoms with Crippen LogP contribution < -0.4 is 10.4 Å². The summed E-state index contributed by atoms with van der Waals surface area (Å²) >= 11 is 5.89. The standard InChI is InChI=1S/C22H13ClO4/c23-17-9-6-14(7-10-17)19-12-16-8-11-18(13-20(16)27-22(19)25)26-21(24)15-4-2-1-3-5-15/h1-13H. The highest BCUT2D eigenvalue weighted by Gasteiger charge is 2.11. The molecule has 0 aliphatic heterocycles. The summed E-state index contributed by atoms with van der Waals surface area (Å²) in [6.45, 7) is 0. The molecule has 0 fully saturated rings. The highest BCUT2D eigenvalue weighted by molar-refractivity contribution is 6.30. The van der Waals surface area contributed by atoms with Crippen molar-refractivity contribution in [3.63, 3.8) is 0 Å². The van der Waals surface area contributed by atoms with E-state index in [0.29, 0.717) is 27.5 Å². The number of benzene rings is 3. The van der Waals surface area contributed by atoms with Gasteiger partial charge in [-0.1, -0.05) is 41.9 Å². The van der Waals surface area contributed by atoms with Crippen LogP contribution in [0.25, 0.3) is 22.1 Å². The Kier molecular flexibility index (Phi) is 4.48. The Bertz CT molecular complexity index is 1180. The van der Waals surface area contributed by atoms with Gasteiger partial charge in [0.05, 0.1) is 11.1 Å². The fourth-order valence-corrected chi connectivity index (χ4v) is 2.85. The molecule has 4 nitrogen and oxygen atoms in total. The molecule has 3 aromatic carbocycles. The van der Waals surface area contributed by atoms with E-state index >= 15 is 0 Å². The van der Waals surface area contributed by atoms with Crippen molar-refractivity contribution in [2.45, 2.75) is 0 Å². The van der Waals surface area contributed by atoms with Crippen LogP contribution in [0.1, 0.15) is 10.4 Å². The van der Waals surface area contributed by atoms with Crippen LogP contribution in [-0.4, -0.2) is 5.97 Å². The van der Waals surface area contributed by atoms with Gasteiger partial charge < -0.3 is 9.15 Å². The smallest absolute Gasteiger partial charge is 0.344 e. The van der Waals surface area contributed by atoms with Gasteiger partial charge in [0.2, 0.25) is 0 Å². The second-order valence-electron chi connectivity index (χ2n) is 5.91. The highest BCUT2D eigenvalue weighted by atomic mass is 35.5. The van der Waals surface area contributed by atoms with E-state index in [0.717, 1.165) is 10.9 Å². The van der Waals surface area contributed by atoms with Crippen molar-refractivity contribution in [1.29, 1.82) is 0 Å². The first-order valence-electron chi connectivity index (χ1n) is 8.21. The Hall–Kier alpha value is -3.37. The van der Waals surface area contributed by atoms with Crippen molar-refractivity contribution in [3.8, 4) is 16.9 Å². The van der Waals surface area contributed by atoms with Crippen LogP contribution in [0.3, 0.4) is 0 Å². The van der Waals surface area contributed by atoms with Gasteiger partial charge in [0.15, 0.2) is 0 Å². The van der Waals surface area contributed by atoms with Crippen molar-refractivity contribution in [2.75, 3.05) is 0 Å². The second kappa shape index (κ2) is 7.09. The summed E-state index contributed by atoms with van der Waals surface area (Å²) in [7, 11) is 0. The maximum Gasteiger partial charge on any atom is 0.344 e. The normalized spacial score (nSPS) is 10.7. The first-order chi connectivity index (χ1) is 13.1. The zero-order valence-corrected chi connectivity index (χ0v) is 14.8. The molecule has 0 atom stereocenters. The minimum atomic E-state index is -0.477. The third-order valence-corrected chi connectivity index (χ3v) is 4.33. The van der Waals surface area contributed by atoms with Crippen LogP contribution in [-0.2, 0) is 0 Å². The number of fused-ring (bicyclic) bond motifs is 1. The van der Waals surface area contributed by atoms with Gasteiger partial charge in [0, 0.05) is 16.5 Å². The second-order valence-corrected chi connectivity index (χ2v) is 6.35. The molecular weight excluding hydrogens is 364 g/mol. The molecule has 0 aliphatic carbocycles. The number of hydrogen-bond acceptors (Lipinski definition) is 4. The summed E-state index contributed by atoms with van der Waals surface area (Å²) in [4.78, 5) is 24.5. The van der Waals surface area contributed by atoms with E-state index in [2.05, 4.69) is 0 Å². The van der Waals surface area contributed by atoms with Crippen LogP contribution in [0.15, 0.2) is 88.1 Å². The molecule has 0 unspecified atom stereocenters. The predicted octanol–water partition coefficient (Wildman–Crippen LogP) is 5.33. The molecule has 0 aliphatic rings. The number of esters is 1. The van der Waals surface area contributed by atoms with Gasteiger partial charge in [-0.2, -0.15) is 0 Å². The van der Waals surface area contributed by atoms with E-state index in [4.69, 9.17) is 20.8 Å². The Morgan fingerprint density at radius 3 is 2.37 bits per heavy atom. The molecule has 0 spiro atoms. The lowest BCUT2D eigenvalue weighted by Crippen LogP contribution is -2.08. The van der Waals surface area contributed by atoms with E-state index in [1.165, 1.54) is 6.07 Å². The summed E-state index contributed by atoms with van der Waals surface area (Å²) in [6.07, 6.45) is 0. The van der Waals surface area contributed by atoms with Crippen LogP contribution in [0.5, 0.6) is 5.75 Å². The average molecular weight is 377 g/mol. The fraction of sp³-hybridized carbons (Fsp3) is 0. The van der Waals surface area contributed by atoms with Gasteiger partial charge in [-0.15, -0.1) is 0 Å². The first kappa shape index (κ1) is 17.1. The molecule has 5 heteroatoms. The number of carbonyl (C=O) groups is 1. The van der Waals surface area contributed by atoms with E-state index in [1.54, 1.807) is 66.7 Å². The Morgan fingerprint density at radius 1 is 0.889 bits per heavy atom. The molecule has 0 bridgehead atoms. The Balaban J connectivity index is 1.67. The maximum atomic E-state index is 12.4. The number of carbonyl (C=O) groups excluding carboxylic acids is 1. The van der Waals surface area contributed by atoms with E-state index in [-0.39, 0.29) is 0 Å². The fourth-order valence-electron chi connectivity index (χ4n) is 2.73. The van der Waals surface area contributed by atoms with Crippen molar-refractivity contribution in [3.05, 3.63) is 99.9 Å². The predicted molar refractivity (Wildman–Crippen MR) is 104 cm³/mol. The third-order valence-electron chi connectivity index (χ3n) is 4.08. The lowest BCUT2D eigenvalue weighted by atomic mass is 10.1. The van der Waals surface area contributed by atoms with Crippen LogP contribution in [0, 0.1) is 0 Å². The quantitative estimate of drug-likeness (QED) is 0.275. The SMILES string of the molecule is O=C(Oc1ccc2cc(-c3ccc(Cl)cc3)c(=O)oc2c1)c1ccccc1. The van der Waals surface area contributed by atoms with Gasteiger partial charge in [0.1, 0.15) is 11.3 Å². The molecule has 27 heavy (non-hydrogen) atoms. The summed E-state index contributed by atoms with van der Waals surface area (Å²) in [5.74, 6) is -0.172. The Morgan fingerprint density at radius 2 is 1.63 bits per heavy atom. The number of halogens is 1. The first-order valence-corrected chi connectivity index (χ1v) is 8.59. The maximum absolute atomic E-state index is 12.4. The van der Waals surface area contributed by atoms with Gasteiger partial charge >= 0.3 is 11.6 Å². The van der Waals surface area contributed by atoms with Gasteiger partial charge in [-0.3, -0.25) is 0 Å². The number of rotatable bonds is 3. The van der Waals surface area contributed by atoms with Gasteiger partial charge in [0.25, 0.3) is 0 Å². The molecule has 4 rings (SSSR count). The number of ether oxygens (including phenoxy) is 1. The zero-order valence-electron chi connectivity index (χ0n) is 14.0. The lowest BCUT2D eigenvalue weighted by molar-refractivity contribution is 0.0735. The monoisotopic (exact) mass is 376 g/mol. The summed E-state index contributed by atoms with van der Waals surface area (Å²) in [5, 5.41) is 1.31. The van der Waals surface area contributed by atoms with Gasteiger partial charge in [-0.25, -0.2) is 9.59 Å². The third kappa shape index (κ3) is 3.61. The zero-order chi connectivity index (χ0) is 18.8. The van der Waals surface area contributed by atoms with Gasteiger partial charge in [-0.05, 0) is 48.0 Å². The molecule has 0 amide bonds. The largest absolute Gasteiger partial charge is 0.423 e. The molecule has 4 aromatic rings. The van der Waals surface area contributed by atoms with E-state index in [9.17, 15) is 9.59 Å². The summed E-state index contributed by atoms with van der Waals surface area (Å²) < 4.78 is 10.8. The number of hydrogen-bond donors (Lipinski definition) is 0. The van der Waals surface area contributed by atoms with Crippen molar-refractivity contribution >= 4 is 28.5 Å². The van der Waals surface area contributed by atoms with Crippen LogP contribution >= 0.6 is 11.6 Å². The molecule has 132 valence electrons. The Labute approximate surface area is 159 Å². The minimum Gasteiger partial charge on any atom is -0.423 e. The topological polar surface area (TPSA) is 56.5 Å². The van der Waals surface area contributed by atoms with E-state index < -0.39 is 11.6 Å². The van der Waals surface area contributed by atoms with Crippen molar-refractivity contribution in [2.24, 2.45) is 0 Å². The molecule has 0 radical (unpaired) electrons. The van der Waals surface area contributed by atoms with Crippen molar-refractivity contribution in [1.82, 2.24) is 0 Å². The van der Waals surface area contributed by atoms with E-state index in [1.807, 2.05) is 6.07 Å². The summed E-state index contributed by atoms with van der Waals surface area (Å²) in [5.41, 5.74) is 1.47. The highest BCUT2D eigenvalue weighted by Crippen LogP contribution is 2.25. The molecule has 1 aromatic heterocycles. The molecule has 0 saturated carbocycles. The molecule has 0 saturated heterocycles. The van der Waals surface area contributed by atoms with Crippen molar-refractivity contribution < 1.29 is 13.9 Å². The molecule has 1 heterocycles. The average Bonchev–Trinajstić information content (AvgIpc) is 2.69. The lowest BCUT2D eigenvalue weighted by Gasteiger charge is -2.06. The molecular formula is C22H13ClO4. The van der Waals surface area contributed by atoms with Crippen LogP contribution in [0.2, 0.25) is 5.02 Å². The van der Waals surface area contributed by atoms with Crippen LogP contribution in [0.4, 0.5) is 0 Å². The summed E-state index contributed by atoms with van der Waals surface area (Å²) in [6, 6.07) is 22.3. The molecule has 0 N–H and O–H groups in total.